The number of ether oxygens (including phenoxy) is 1. The molecule has 3 nitrogen and oxygen atoms in total. The largest absolute Gasteiger partial charge is 0.489 e. The van der Waals surface area contributed by atoms with Crippen LogP contribution in [0.1, 0.15) is 13.8 Å². The average Bonchev–Trinajstić information content (AvgIpc) is 1.85. The molecule has 0 fully saturated rings. The molecule has 4 heteroatoms. The van der Waals surface area contributed by atoms with E-state index in [-0.39, 0.29) is 6.10 Å². The van der Waals surface area contributed by atoms with E-state index in [9.17, 15) is 0 Å². The van der Waals surface area contributed by atoms with Gasteiger partial charge in [-0.3, -0.25) is 0 Å². The summed E-state index contributed by atoms with van der Waals surface area (Å²) in [6, 6.07) is 1.63. The van der Waals surface area contributed by atoms with Crippen LogP contribution in [0.4, 0.5) is 0 Å². The lowest BCUT2D eigenvalue weighted by atomic mass is 10.4. The fourth-order valence-corrected chi connectivity index (χ4v) is 0.812. The molecule has 1 aromatic rings. The van der Waals surface area contributed by atoms with Crippen molar-refractivity contribution in [1.29, 1.82) is 0 Å². The van der Waals surface area contributed by atoms with Crippen molar-refractivity contribution in [2.75, 3.05) is 0 Å². The fourth-order valence-electron chi connectivity index (χ4n) is 0.661. The van der Waals surface area contributed by atoms with Crippen LogP contribution in [0.5, 0.6) is 5.75 Å². The van der Waals surface area contributed by atoms with Crippen molar-refractivity contribution in [3.8, 4) is 5.75 Å². The minimum absolute atomic E-state index is 0.135. The van der Waals surface area contributed by atoms with E-state index in [1.165, 1.54) is 6.20 Å². The Morgan fingerprint density at radius 1 is 1.55 bits per heavy atom. The second kappa shape index (κ2) is 3.53. The normalized spacial score (nSPS) is 10.2. The van der Waals surface area contributed by atoms with Gasteiger partial charge < -0.3 is 4.74 Å². The summed E-state index contributed by atoms with van der Waals surface area (Å²) in [5.41, 5.74) is 0. The van der Waals surface area contributed by atoms with Gasteiger partial charge in [0.2, 0.25) is 0 Å². The van der Waals surface area contributed by atoms with E-state index in [0.29, 0.717) is 10.9 Å². The molecule has 0 atom stereocenters. The van der Waals surface area contributed by atoms with E-state index in [1.807, 2.05) is 13.8 Å². The maximum atomic E-state index is 5.57. The van der Waals surface area contributed by atoms with Crippen LogP contribution in [-0.2, 0) is 0 Å². The number of nitrogens with zero attached hydrogens (tertiary/aromatic N) is 2. The minimum atomic E-state index is 0.135. The van der Waals surface area contributed by atoms with Gasteiger partial charge in [-0.1, -0.05) is 11.6 Å². The highest BCUT2D eigenvalue weighted by atomic mass is 35.5. The summed E-state index contributed by atoms with van der Waals surface area (Å²) in [7, 11) is 0. The van der Waals surface area contributed by atoms with Gasteiger partial charge in [0.15, 0.2) is 5.15 Å². The molecule has 0 spiro atoms. The van der Waals surface area contributed by atoms with Crippen molar-refractivity contribution in [2.24, 2.45) is 0 Å². The van der Waals surface area contributed by atoms with Crippen LogP contribution in [0.2, 0.25) is 5.15 Å². The third-order valence-corrected chi connectivity index (χ3v) is 1.16. The number of hydrogen-bond acceptors (Lipinski definition) is 3. The standard InChI is InChI=1S/C7H9ClN2O/c1-5(2)11-6-3-7(8)10-9-4-6/h3-5H,1-2H3. The van der Waals surface area contributed by atoms with Gasteiger partial charge in [-0.25, -0.2) is 0 Å². The molecule has 60 valence electrons. The average molecular weight is 173 g/mol. The lowest BCUT2D eigenvalue weighted by Crippen LogP contribution is -2.05. The molecule has 0 aliphatic carbocycles. The van der Waals surface area contributed by atoms with Crippen LogP contribution < -0.4 is 4.74 Å². The van der Waals surface area contributed by atoms with E-state index in [1.54, 1.807) is 6.07 Å². The Balaban J connectivity index is 2.71. The van der Waals surface area contributed by atoms with Crippen molar-refractivity contribution < 1.29 is 4.74 Å². The zero-order valence-corrected chi connectivity index (χ0v) is 7.17. The molecular formula is C7H9ClN2O. The molecule has 0 aliphatic heterocycles. The monoisotopic (exact) mass is 172 g/mol. The predicted molar refractivity (Wildman–Crippen MR) is 42.8 cm³/mol. The van der Waals surface area contributed by atoms with Gasteiger partial charge in [-0.05, 0) is 13.8 Å². The van der Waals surface area contributed by atoms with E-state index in [2.05, 4.69) is 10.2 Å². The van der Waals surface area contributed by atoms with Crippen LogP contribution in [0.15, 0.2) is 12.3 Å². The first-order valence-electron chi connectivity index (χ1n) is 3.33. The Bertz CT molecular complexity index is 240. The summed E-state index contributed by atoms with van der Waals surface area (Å²) < 4.78 is 5.31. The summed E-state index contributed by atoms with van der Waals surface area (Å²) >= 11 is 5.57. The molecule has 0 bridgehead atoms. The Morgan fingerprint density at radius 2 is 2.27 bits per heavy atom. The molecule has 1 aromatic heterocycles. The smallest absolute Gasteiger partial charge is 0.155 e. The zero-order chi connectivity index (χ0) is 8.27. The van der Waals surface area contributed by atoms with Gasteiger partial charge >= 0.3 is 0 Å². The highest BCUT2D eigenvalue weighted by Crippen LogP contribution is 2.13. The second-order valence-electron chi connectivity index (χ2n) is 2.38. The molecular weight excluding hydrogens is 164 g/mol. The topological polar surface area (TPSA) is 35.0 Å². The highest BCUT2D eigenvalue weighted by molar-refractivity contribution is 6.29. The van der Waals surface area contributed by atoms with Crippen molar-refractivity contribution in [2.45, 2.75) is 20.0 Å². The Kier molecular flexibility index (Phi) is 2.65. The van der Waals surface area contributed by atoms with Crippen LogP contribution in [0.25, 0.3) is 0 Å². The molecule has 0 amide bonds. The molecule has 0 radical (unpaired) electrons. The number of rotatable bonds is 2. The molecule has 1 rings (SSSR count). The fraction of sp³-hybridized carbons (Fsp3) is 0.429. The number of hydrogen-bond donors (Lipinski definition) is 0. The van der Waals surface area contributed by atoms with Gasteiger partial charge in [0.1, 0.15) is 5.75 Å². The lowest BCUT2D eigenvalue weighted by Gasteiger charge is -2.07. The molecule has 0 saturated carbocycles. The molecule has 0 aliphatic rings. The molecule has 0 unspecified atom stereocenters. The Labute approximate surface area is 70.4 Å². The predicted octanol–water partition coefficient (Wildman–Crippen LogP) is 1.92. The van der Waals surface area contributed by atoms with E-state index in [0.717, 1.165) is 0 Å². The van der Waals surface area contributed by atoms with Crippen molar-refractivity contribution >= 4 is 11.6 Å². The van der Waals surface area contributed by atoms with Crippen molar-refractivity contribution in [3.05, 3.63) is 17.4 Å². The molecule has 11 heavy (non-hydrogen) atoms. The summed E-state index contributed by atoms with van der Waals surface area (Å²) in [5.74, 6) is 0.653. The summed E-state index contributed by atoms with van der Waals surface area (Å²) in [4.78, 5) is 0. The zero-order valence-electron chi connectivity index (χ0n) is 6.41. The highest BCUT2D eigenvalue weighted by Gasteiger charge is 1.98. The molecule has 0 aromatic carbocycles. The first kappa shape index (κ1) is 8.27. The van der Waals surface area contributed by atoms with Crippen LogP contribution in [0.3, 0.4) is 0 Å². The summed E-state index contributed by atoms with van der Waals surface area (Å²) in [6.45, 7) is 3.88. The van der Waals surface area contributed by atoms with Crippen molar-refractivity contribution in [3.63, 3.8) is 0 Å². The van der Waals surface area contributed by atoms with E-state index in [4.69, 9.17) is 16.3 Å². The third-order valence-electron chi connectivity index (χ3n) is 0.971. The van der Waals surface area contributed by atoms with Gasteiger partial charge in [0, 0.05) is 6.07 Å². The van der Waals surface area contributed by atoms with Gasteiger partial charge in [-0.15, -0.1) is 5.10 Å². The minimum Gasteiger partial charge on any atom is -0.489 e. The van der Waals surface area contributed by atoms with Crippen LogP contribution in [-0.4, -0.2) is 16.3 Å². The van der Waals surface area contributed by atoms with E-state index < -0.39 is 0 Å². The summed E-state index contributed by atoms with van der Waals surface area (Å²) in [5, 5.41) is 7.56. The van der Waals surface area contributed by atoms with Gasteiger partial charge in [-0.2, -0.15) is 5.10 Å². The number of halogens is 1. The maximum Gasteiger partial charge on any atom is 0.155 e. The van der Waals surface area contributed by atoms with Gasteiger partial charge in [0.05, 0.1) is 12.3 Å². The quantitative estimate of drug-likeness (QED) is 0.684. The Hall–Kier alpha value is -0.830. The van der Waals surface area contributed by atoms with Crippen LogP contribution in [0, 0.1) is 0 Å². The summed E-state index contributed by atoms with van der Waals surface area (Å²) in [6.07, 6.45) is 1.67. The second-order valence-corrected chi connectivity index (χ2v) is 2.77. The first-order chi connectivity index (χ1) is 5.18. The molecule has 0 N–H and O–H groups in total. The SMILES string of the molecule is CC(C)Oc1cnnc(Cl)c1. The van der Waals surface area contributed by atoms with Crippen molar-refractivity contribution in [1.82, 2.24) is 10.2 Å². The first-order valence-corrected chi connectivity index (χ1v) is 3.71. The maximum absolute atomic E-state index is 5.57. The third kappa shape index (κ3) is 2.72. The van der Waals surface area contributed by atoms with Gasteiger partial charge in [0.25, 0.3) is 0 Å². The molecule has 0 saturated heterocycles. The molecule has 1 heterocycles. The number of aromatic nitrogens is 2. The lowest BCUT2D eigenvalue weighted by molar-refractivity contribution is 0.241. The Morgan fingerprint density at radius 3 is 2.82 bits per heavy atom. The van der Waals surface area contributed by atoms with Crippen LogP contribution >= 0.6 is 11.6 Å². The van der Waals surface area contributed by atoms with E-state index >= 15 is 0 Å².